The molecule has 1 amide bonds. The second-order valence-electron chi connectivity index (χ2n) is 5.22. The van der Waals surface area contributed by atoms with Gasteiger partial charge < -0.3 is 14.6 Å². The third kappa shape index (κ3) is 3.70. The first kappa shape index (κ1) is 15.3. The monoisotopic (exact) mass is 342 g/mol. The molecule has 0 atom stereocenters. The lowest BCUT2D eigenvalue weighted by Crippen LogP contribution is -2.34. The van der Waals surface area contributed by atoms with Crippen LogP contribution in [-0.2, 0) is 4.74 Å². The summed E-state index contributed by atoms with van der Waals surface area (Å²) in [5.41, 5.74) is 0.575. The highest BCUT2D eigenvalue weighted by Crippen LogP contribution is 2.28. The second-order valence-corrected chi connectivity index (χ2v) is 6.01. The number of aromatic nitrogens is 1. The zero-order valence-electron chi connectivity index (χ0n) is 11.7. The molecule has 0 radical (unpaired) electrons. The molecule has 110 valence electrons. The summed E-state index contributed by atoms with van der Waals surface area (Å²) < 4.78 is 5.90. The van der Waals surface area contributed by atoms with Crippen molar-refractivity contribution in [1.29, 1.82) is 0 Å². The normalized spacial score (nSPS) is 14.3. The van der Waals surface area contributed by atoms with E-state index in [0.717, 1.165) is 6.61 Å². The minimum Gasteiger partial charge on any atom is -0.379 e. The van der Waals surface area contributed by atoms with Crippen molar-refractivity contribution in [3.63, 3.8) is 0 Å². The molecule has 0 bridgehead atoms. The van der Waals surface area contributed by atoms with Gasteiger partial charge in [-0.25, -0.2) is 0 Å². The van der Waals surface area contributed by atoms with E-state index < -0.39 is 0 Å². The van der Waals surface area contributed by atoms with E-state index in [4.69, 9.17) is 4.74 Å². The molecule has 5 nitrogen and oxygen atoms in total. The fourth-order valence-electron chi connectivity index (χ4n) is 1.80. The number of likely N-dealkylation sites (N-methyl/N-ethyl adjacent to an activating group) is 1. The van der Waals surface area contributed by atoms with Gasteiger partial charge in [0.25, 0.3) is 5.91 Å². The Balaban J connectivity index is 1.92. The first-order chi connectivity index (χ1) is 9.50. The quantitative estimate of drug-likeness (QED) is 0.803. The van der Waals surface area contributed by atoms with E-state index in [9.17, 15) is 9.59 Å². The van der Waals surface area contributed by atoms with Gasteiger partial charge in [-0.15, -0.1) is 0 Å². The van der Waals surface area contributed by atoms with Crippen LogP contribution in [-0.4, -0.2) is 42.6 Å². The Labute approximate surface area is 126 Å². The molecule has 1 heterocycles. The average molecular weight is 343 g/mol. The maximum atomic E-state index is 12.2. The number of ether oxygens (including phenoxy) is 1. The number of rotatable bonds is 6. The molecule has 1 aliphatic carbocycles. The molecule has 0 spiro atoms. The topological polar surface area (TPSA) is 62.4 Å². The summed E-state index contributed by atoms with van der Waals surface area (Å²) in [5.74, 6) is 0.425. The van der Waals surface area contributed by atoms with Gasteiger partial charge in [-0.2, -0.15) is 0 Å². The molecule has 1 N–H and O–H groups in total. The number of halogens is 1. The lowest BCUT2D eigenvalue weighted by atomic mass is 10.2. The van der Waals surface area contributed by atoms with Gasteiger partial charge in [-0.05, 0) is 41.6 Å². The van der Waals surface area contributed by atoms with E-state index in [-0.39, 0.29) is 16.9 Å². The number of hydrogen-bond donors (Lipinski definition) is 1. The number of hydrogen-bond acceptors (Lipinski definition) is 3. The van der Waals surface area contributed by atoms with Crippen molar-refractivity contribution >= 4 is 21.8 Å². The largest absolute Gasteiger partial charge is 0.379 e. The van der Waals surface area contributed by atoms with E-state index in [0.29, 0.717) is 29.2 Å². The van der Waals surface area contributed by atoms with Crippen LogP contribution in [0.25, 0.3) is 0 Å². The van der Waals surface area contributed by atoms with Gasteiger partial charge in [-0.3, -0.25) is 9.59 Å². The van der Waals surface area contributed by atoms with Crippen LogP contribution in [0.5, 0.6) is 0 Å². The Morgan fingerprint density at radius 2 is 2.25 bits per heavy atom. The fourth-order valence-corrected chi connectivity index (χ4v) is 2.13. The number of aromatic amines is 1. The van der Waals surface area contributed by atoms with Crippen LogP contribution in [0.2, 0.25) is 0 Å². The van der Waals surface area contributed by atoms with Crippen LogP contribution in [0, 0.1) is 12.8 Å². The molecule has 1 saturated carbocycles. The molecule has 1 aromatic heterocycles. The maximum absolute atomic E-state index is 12.2. The SMILES string of the molecule is Cc1[nH]cc(C(=O)N(C)CCOCC2CC2)c(=O)c1Br. The van der Waals surface area contributed by atoms with Crippen molar-refractivity contribution in [3.8, 4) is 0 Å². The number of carbonyl (C=O) groups is 1. The summed E-state index contributed by atoms with van der Waals surface area (Å²) in [6, 6.07) is 0. The first-order valence-electron chi connectivity index (χ1n) is 6.71. The zero-order chi connectivity index (χ0) is 14.7. The van der Waals surface area contributed by atoms with Crippen molar-refractivity contribution in [2.75, 3.05) is 26.8 Å². The Hall–Kier alpha value is -1.14. The summed E-state index contributed by atoms with van der Waals surface area (Å²) in [6.07, 6.45) is 3.97. The number of nitrogens with zero attached hydrogens (tertiary/aromatic N) is 1. The van der Waals surface area contributed by atoms with Gasteiger partial charge in [-0.1, -0.05) is 0 Å². The standard InChI is InChI=1S/C14H19BrN2O3/c1-9-12(15)13(18)11(7-16-9)14(19)17(2)5-6-20-8-10-3-4-10/h7,10H,3-6,8H2,1-2H3,(H,16,18). The number of H-pyrrole nitrogens is 1. The molecule has 0 aromatic carbocycles. The average Bonchev–Trinajstić information content (AvgIpc) is 3.24. The number of nitrogens with one attached hydrogen (secondary N) is 1. The molecule has 6 heteroatoms. The molecular weight excluding hydrogens is 324 g/mol. The highest BCUT2D eigenvalue weighted by molar-refractivity contribution is 9.10. The fraction of sp³-hybridized carbons (Fsp3) is 0.571. The van der Waals surface area contributed by atoms with Gasteiger partial charge in [0.05, 0.1) is 11.1 Å². The van der Waals surface area contributed by atoms with Gasteiger partial charge in [0.1, 0.15) is 5.56 Å². The number of aryl methyl sites for hydroxylation is 1. The van der Waals surface area contributed by atoms with Crippen molar-refractivity contribution in [3.05, 3.63) is 32.2 Å². The third-order valence-electron chi connectivity index (χ3n) is 3.40. The second kappa shape index (κ2) is 6.54. The zero-order valence-corrected chi connectivity index (χ0v) is 13.3. The van der Waals surface area contributed by atoms with E-state index in [1.54, 1.807) is 14.0 Å². The molecule has 0 unspecified atom stereocenters. The number of carbonyl (C=O) groups excluding carboxylic acids is 1. The summed E-state index contributed by atoms with van der Waals surface area (Å²) in [6.45, 7) is 3.54. The molecule has 2 rings (SSSR count). The maximum Gasteiger partial charge on any atom is 0.259 e. The van der Waals surface area contributed by atoms with Crippen LogP contribution >= 0.6 is 15.9 Å². The molecule has 0 saturated heterocycles. The molecule has 20 heavy (non-hydrogen) atoms. The predicted molar refractivity (Wildman–Crippen MR) is 80.0 cm³/mol. The van der Waals surface area contributed by atoms with Gasteiger partial charge in [0.2, 0.25) is 5.43 Å². The van der Waals surface area contributed by atoms with E-state index in [2.05, 4.69) is 20.9 Å². The van der Waals surface area contributed by atoms with Gasteiger partial charge in [0.15, 0.2) is 0 Å². The molecule has 1 fully saturated rings. The van der Waals surface area contributed by atoms with E-state index in [1.807, 2.05) is 0 Å². The van der Waals surface area contributed by atoms with Crippen LogP contribution in [0.1, 0.15) is 28.9 Å². The van der Waals surface area contributed by atoms with Crippen molar-refractivity contribution in [2.24, 2.45) is 5.92 Å². The van der Waals surface area contributed by atoms with E-state index >= 15 is 0 Å². The lowest BCUT2D eigenvalue weighted by molar-refractivity contribution is 0.0679. The van der Waals surface area contributed by atoms with Crippen molar-refractivity contribution in [1.82, 2.24) is 9.88 Å². The van der Waals surface area contributed by atoms with Crippen molar-refractivity contribution in [2.45, 2.75) is 19.8 Å². The minimum absolute atomic E-state index is 0.146. The minimum atomic E-state index is -0.290. The Kier molecular flexibility index (Phi) is 4.99. The number of pyridine rings is 1. The smallest absolute Gasteiger partial charge is 0.259 e. The van der Waals surface area contributed by atoms with Crippen LogP contribution in [0.3, 0.4) is 0 Å². The molecule has 1 aromatic rings. The summed E-state index contributed by atoms with van der Waals surface area (Å²) in [7, 11) is 1.68. The lowest BCUT2D eigenvalue weighted by Gasteiger charge is -2.17. The van der Waals surface area contributed by atoms with Crippen LogP contribution < -0.4 is 5.43 Å². The first-order valence-corrected chi connectivity index (χ1v) is 7.51. The summed E-state index contributed by atoms with van der Waals surface area (Å²) in [4.78, 5) is 28.6. The van der Waals surface area contributed by atoms with Crippen molar-refractivity contribution < 1.29 is 9.53 Å². The molecular formula is C14H19BrN2O3. The molecule has 0 aliphatic heterocycles. The van der Waals surface area contributed by atoms with Gasteiger partial charge >= 0.3 is 0 Å². The van der Waals surface area contributed by atoms with Gasteiger partial charge in [0, 0.05) is 32.1 Å². The molecule has 1 aliphatic rings. The Bertz CT molecular complexity index is 552. The number of amides is 1. The predicted octanol–water partition coefficient (Wildman–Crippen LogP) is 1.94. The Morgan fingerprint density at radius 3 is 2.90 bits per heavy atom. The summed E-state index contributed by atoms with van der Waals surface area (Å²) >= 11 is 3.19. The summed E-state index contributed by atoms with van der Waals surface area (Å²) in [5, 5.41) is 0. The Morgan fingerprint density at radius 1 is 1.55 bits per heavy atom. The van der Waals surface area contributed by atoms with E-state index in [1.165, 1.54) is 23.9 Å². The van der Waals surface area contributed by atoms with Crippen LogP contribution in [0.4, 0.5) is 0 Å². The highest BCUT2D eigenvalue weighted by Gasteiger charge is 2.21. The van der Waals surface area contributed by atoms with Crippen LogP contribution in [0.15, 0.2) is 15.5 Å². The highest BCUT2D eigenvalue weighted by atomic mass is 79.9. The third-order valence-corrected chi connectivity index (χ3v) is 4.36.